The Morgan fingerprint density at radius 3 is 2.55 bits per heavy atom. The minimum Gasteiger partial charge on any atom is -0.327 e. The Balaban J connectivity index is 1.39. The zero-order valence-electron chi connectivity index (χ0n) is 15.8. The van der Waals surface area contributed by atoms with Gasteiger partial charge in [-0.3, -0.25) is 4.79 Å². The summed E-state index contributed by atoms with van der Waals surface area (Å²) in [5.74, 6) is 1.46. The minimum atomic E-state index is -0.166. The lowest BCUT2D eigenvalue weighted by Gasteiger charge is -2.33. The Bertz CT molecular complexity index is 1140. The number of benzene rings is 2. The fourth-order valence-corrected chi connectivity index (χ4v) is 3.55. The van der Waals surface area contributed by atoms with Crippen LogP contribution in [0.5, 0.6) is 0 Å². The van der Waals surface area contributed by atoms with Gasteiger partial charge in [-0.25, -0.2) is 14.3 Å². The number of amides is 1. The molecule has 0 unspecified atom stereocenters. The summed E-state index contributed by atoms with van der Waals surface area (Å²) in [5.41, 5.74) is 2.38. The molecule has 0 bridgehead atoms. The Kier molecular flexibility index (Phi) is 4.12. The molecule has 1 aliphatic rings. The molecule has 3 heterocycles. The van der Waals surface area contributed by atoms with Crippen molar-refractivity contribution < 1.29 is 4.79 Å². The van der Waals surface area contributed by atoms with Crippen LogP contribution in [0.2, 0.25) is 0 Å². The van der Waals surface area contributed by atoms with Gasteiger partial charge in [-0.15, -0.1) is 5.10 Å². The fraction of sp³-hybridized carbons (Fsp3) is 0.200. The first kappa shape index (κ1) is 17.2. The molecule has 1 aliphatic heterocycles. The van der Waals surface area contributed by atoms with Crippen molar-refractivity contribution in [1.82, 2.24) is 39.9 Å². The number of hydrogen-bond acceptors (Lipinski definition) is 6. The first-order chi connectivity index (χ1) is 14.2. The van der Waals surface area contributed by atoms with Gasteiger partial charge in [0.25, 0.3) is 5.91 Å². The van der Waals surface area contributed by atoms with Gasteiger partial charge in [-0.2, -0.15) is 5.10 Å². The summed E-state index contributed by atoms with van der Waals surface area (Å²) in [6, 6.07) is 16.9. The standard InChI is InChI=1S/C20H18N8O/c1-14-19-22-18(15-5-3-2-4-6-15)23-27(19)12-11-26(14)20(29)16-7-9-17(10-8-16)28-13-21-24-25-28/h2-10,13-14H,11-12H2,1H3/t14-/m0/s1. The first-order valence-electron chi connectivity index (χ1n) is 9.35. The van der Waals surface area contributed by atoms with Crippen molar-refractivity contribution in [1.29, 1.82) is 0 Å². The molecule has 9 heteroatoms. The van der Waals surface area contributed by atoms with Crippen molar-refractivity contribution in [2.24, 2.45) is 0 Å². The molecule has 1 atom stereocenters. The third-order valence-corrected chi connectivity index (χ3v) is 5.11. The van der Waals surface area contributed by atoms with Crippen LogP contribution in [0.3, 0.4) is 0 Å². The molecule has 1 amide bonds. The summed E-state index contributed by atoms with van der Waals surface area (Å²) >= 11 is 0. The van der Waals surface area contributed by atoms with Gasteiger partial charge in [0.2, 0.25) is 0 Å². The molecule has 0 saturated carbocycles. The van der Waals surface area contributed by atoms with Crippen LogP contribution in [0, 0.1) is 0 Å². The van der Waals surface area contributed by atoms with E-state index in [9.17, 15) is 4.79 Å². The number of carbonyl (C=O) groups excluding carboxylic acids is 1. The maximum Gasteiger partial charge on any atom is 0.254 e. The highest BCUT2D eigenvalue weighted by Crippen LogP contribution is 2.27. The number of tetrazole rings is 1. The zero-order chi connectivity index (χ0) is 19.8. The third kappa shape index (κ3) is 3.06. The Labute approximate surface area is 166 Å². The van der Waals surface area contributed by atoms with Gasteiger partial charge in [0.05, 0.1) is 18.3 Å². The number of hydrogen-bond donors (Lipinski definition) is 0. The van der Waals surface area contributed by atoms with Crippen molar-refractivity contribution in [2.45, 2.75) is 19.5 Å². The second kappa shape index (κ2) is 6.93. The van der Waals surface area contributed by atoms with Crippen LogP contribution in [0.1, 0.15) is 29.1 Å². The van der Waals surface area contributed by atoms with Crippen molar-refractivity contribution >= 4 is 5.91 Å². The van der Waals surface area contributed by atoms with Crippen molar-refractivity contribution in [3.8, 4) is 17.1 Å². The molecule has 29 heavy (non-hydrogen) atoms. The average Bonchev–Trinajstić information content (AvgIpc) is 3.45. The highest BCUT2D eigenvalue weighted by molar-refractivity contribution is 5.94. The summed E-state index contributed by atoms with van der Waals surface area (Å²) in [4.78, 5) is 19.7. The van der Waals surface area contributed by atoms with Crippen LogP contribution < -0.4 is 0 Å². The molecule has 2 aromatic heterocycles. The summed E-state index contributed by atoms with van der Waals surface area (Å²) in [6.45, 7) is 3.19. The second-order valence-electron chi connectivity index (χ2n) is 6.86. The molecule has 4 aromatic rings. The van der Waals surface area contributed by atoms with Gasteiger partial charge in [-0.05, 0) is 41.6 Å². The molecule has 144 valence electrons. The lowest BCUT2D eigenvalue weighted by atomic mass is 10.1. The quantitative estimate of drug-likeness (QED) is 0.535. The van der Waals surface area contributed by atoms with E-state index in [2.05, 4.69) is 20.6 Å². The highest BCUT2D eigenvalue weighted by atomic mass is 16.2. The predicted octanol–water partition coefficient (Wildman–Crippen LogP) is 2.14. The second-order valence-corrected chi connectivity index (χ2v) is 6.86. The molecular formula is C20H18N8O. The van der Waals surface area contributed by atoms with Gasteiger partial charge < -0.3 is 4.90 Å². The lowest BCUT2D eigenvalue weighted by molar-refractivity contribution is 0.0631. The van der Waals surface area contributed by atoms with E-state index in [4.69, 9.17) is 4.98 Å². The monoisotopic (exact) mass is 386 g/mol. The molecule has 0 aliphatic carbocycles. The van der Waals surface area contributed by atoms with E-state index in [1.807, 2.05) is 59.0 Å². The molecule has 0 fully saturated rings. The van der Waals surface area contributed by atoms with Gasteiger partial charge in [-0.1, -0.05) is 30.3 Å². The summed E-state index contributed by atoms with van der Waals surface area (Å²) in [6.07, 6.45) is 1.51. The van der Waals surface area contributed by atoms with Crippen LogP contribution in [0.15, 0.2) is 60.9 Å². The van der Waals surface area contributed by atoms with E-state index in [1.54, 1.807) is 16.8 Å². The van der Waals surface area contributed by atoms with Crippen LogP contribution in [-0.2, 0) is 6.54 Å². The van der Waals surface area contributed by atoms with Crippen molar-refractivity contribution in [3.05, 3.63) is 72.3 Å². The molecule has 0 saturated heterocycles. The third-order valence-electron chi connectivity index (χ3n) is 5.11. The van der Waals surface area contributed by atoms with Crippen LogP contribution in [-0.4, -0.2) is 52.3 Å². The van der Waals surface area contributed by atoms with Gasteiger partial charge in [0, 0.05) is 17.7 Å². The number of rotatable bonds is 3. The molecular weight excluding hydrogens is 368 g/mol. The number of aromatic nitrogens is 7. The molecule has 0 radical (unpaired) electrons. The zero-order valence-corrected chi connectivity index (χ0v) is 15.8. The number of carbonyl (C=O) groups is 1. The minimum absolute atomic E-state index is 0.0312. The molecule has 5 rings (SSSR count). The lowest BCUT2D eigenvalue weighted by Crippen LogP contribution is -2.41. The van der Waals surface area contributed by atoms with E-state index >= 15 is 0 Å². The van der Waals surface area contributed by atoms with Gasteiger partial charge in [0.15, 0.2) is 5.82 Å². The van der Waals surface area contributed by atoms with E-state index in [0.717, 1.165) is 17.1 Å². The van der Waals surface area contributed by atoms with E-state index in [-0.39, 0.29) is 11.9 Å². The van der Waals surface area contributed by atoms with Crippen LogP contribution >= 0.6 is 0 Å². The molecule has 2 aromatic carbocycles. The normalized spacial score (nSPS) is 15.9. The van der Waals surface area contributed by atoms with Crippen molar-refractivity contribution in [3.63, 3.8) is 0 Å². The van der Waals surface area contributed by atoms with Crippen molar-refractivity contribution in [2.75, 3.05) is 6.54 Å². The Morgan fingerprint density at radius 2 is 1.83 bits per heavy atom. The summed E-state index contributed by atoms with van der Waals surface area (Å²) in [5, 5.41) is 15.7. The molecule has 0 N–H and O–H groups in total. The van der Waals surface area contributed by atoms with E-state index in [0.29, 0.717) is 24.5 Å². The average molecular weight is 386 g/mol. The van der Waals surface area contributed by atoms with E-state index in [1.165, 1.54) is 6.33 Å². The molecule has 9 nitrogen and oxygen atoms in total. The summed E-state index contributed by atoms with van der Waals surface area (Å²) < 4.78 is 3.45. The predicted molar refractivity (Wildman–Crippen MR) is 104 cm³/mol. The smallest absolute Gasteiger partial charge is 0.254 e. The van der Waals surface area contributed by atoms with E-state index < -0.39 is 0 Å². The Hall–Kier alpha value is -3.88. The number of fused-ring (bicyclic) bond motifs is 1. The number of nitrogens with zero attached hydrogens (tertiary/aromatic N) is 8. The van der Waals surface area contributed by atoms with Gasteiger partial charge >= 0.3 is 0 Å². The highest BCUT2D eigenvalue weighted by Gasteiger charge is 2.31. The van der Waals surface area contributed by atoms with Crippen LogP contribution in [0.4, 0.5) is 0 Å². The Morgan fingerprint density at radius 1 is 1.03 bits per heavy atom. The largest absolute Gasteiger partial charge is 0.327 e. The van der Waals surface area contributed by atoms with Gasteiger partial charge in [0.1, 0.15) is 12.2 Å². The topological polar surface area (TPSA) is 94.6 Å². The van der Waals surface area contributed by atoms with Crippen LogP contribution in [0.25, 0.3) is 17.1 Å². The maximum absolute atomic E-state index is 13.1. The maximum atomic E-state index is 13.1. The fourth-order valence-electron chi connectivity index (χ4n) is 3.55. The first-order valence-corrected chi connectivity index (χ1v) is 9.35. The molecule has 0 spiro atoms. The summed E-state index contributed by atoms with van der Waals surface area (Å²) in [7, 11) is 0. The SMILES string of the molecule is C[C@H]1c2nc(-c3ccccc3)nn2CCN1C(=O)c1ccc(-n2cnnn2)cc1.